The summed E-state index contributed by atoms with van der Waals surface area (Å²) in [6, 6.07) is 12.9. The maximum atomic E-state index is 13.1. The minimum absolute atomic E-state index is 0.0543. The summed E-state index contributed by atoms with van der Waals surface area (Å²) in [4.78, 5) is 27.3. The van der Waals surface area contributed by atoms with Crippen LogP contribution in [-0.2, 0) is 16.1 Å². The molecule has 0 aliphatic heterocycles. The number of halogens is 1. The molecule has 6 heteroatoms. The number of aryl methyl sites for hydroxylation is 2. The topological polar surface area (TPSA) is 58.6 Å². The molecule has 0 bridgehead atoms. The molecule has 0 aliphatic carbocycles. The lowest BCUT2D eigenvalue weighted by Crippen LogP contribution is -2.50. The Morgan fingerprint density at radius 2 is 1.70 bits per heavy atom. The Bertz CT molecular complexity index is 847. The van der Waals surface area contributed by atoms with E-state index in [4.69, 9.17) is 4.74 Å². The third-order valence-electron chi connectivity index (χ3n) is 5.14. The van der Waals surface area contributed by atoms with Gasteiger partial charge in [0.25, 0.3) is 5.91 Å². The summed E-state index contributed by atoms with van der Waals surface area (Å²) in [7, 11) is 0. The van der Waals surface area contributed by atoms with Gasteiger partial charge in [-0.05, 0) is 62.9 Å². The minimum atomic E-state index is -0.608. The smallest absolute Gasteiger partial charge is 0.261 e. The van der Waals surface area contributed by atoms with Crippen molar-refractivity contribution in [1.82, 2.24) is 10.2 Å². The highest BCUT2D eigenvalue weighted by Crippen LogP contribution is 2.26. The van der Waals surface area contributed by atoms with Crippen molar-refractivity contribution in [1.29, 1.82) is 0 Å². The van der Waals surface area contributed by atoms with Crippen molar-refractivity contribution >= 4 is 27.7 Å². The first-order valence-corrected chi connectivity index (χ1v) is 11.1. The number of nitrogens with one attached hydrogen (secondary N) is 1. The van der Waals surface area contributed by atoms with E-state index in [1.165, 1.54) is 0 Å². The lowest BCUT2D eigenvalue weighted by Gasteiger charge is -2.29. The molecule has 0 saturated heterocycles. The third-order valence-corrected chi connectivity index (χ3v) is 6.39. The third kappa shape index (κ3) is 6.59. The Morgan fingerprint density at radius 1 is 1.10 bits per heavy atom. The molecule has 0 heterocycles. The van der Waals surface area contributed by atoms with Gasteiger partial charge < -0.3 is 15.0 Å². The lowest BCUT2D eigenvalue weighted by molar-refractivity contribution is -0.142. The summed E-state index contributed by atoms with van der Waals surface area (Å²) >= 11 is 3.54. The van der Waals surface area contributed by atoms with Gasteiger partial charge >= 0.3 is 0 Å². The highest BCUT2D eigenvalue weighted by atomic mass is 79.9. The number of rotatable bonds is 9. The average molecular weight is 475 g/mol. The fraction of sp³-hybridized carbons (Fsp3) is 0.417. The SMILES string of the molecule is CC[C@H](C)NC(=O)[C@H](C)N(Cc1ccccc1)C(=O)COc1cc(C)c(Br)c(C)c1. The second kappa shape index (κ2) is 11.2. The second-order valence-electron chi connectivity index (χ2n) is 7.66. The molecule has 0 fully saturated rings. The van der Waals surface area contributed by atoms with Crippen molar-refractivity contribution in [2.24, 2.45) is 0 Å². The highest BCUT2D eigenvalue weighted by Gasteiger charge is 2.27. The van der Waals surface area contributed by atoms with E-state index in [1.807, 2.05) is 70.2 Å². The van der Waals surface area contributed by atoms with Crippen LogP contribution in [0, 0.1) is 13.8 Å². The second-order valence-corrected chi connectivity index (χ2v) is 8.45. The lowest BCUT2D eigenvalue weighted by atomic mass is 10.1. The number of hydrogen-bond acceptors (Lipinski definition) is 3. The maximum Gasteiger partial charge on any atom is 0.261 e. The zero-order valence-electron chi connectivity index (χ0n) is 18.4. The van der Waals surface area contributed by atoms with Crippen molar-refractivity contribution in [3.63, 3.8) is 0 Å². The van der Waals surface area contributed by atoms with Gasteiger partial charge in [0.15, 0.2) is 6.61 Å². The van der Waals surface area contributed by atoms with Crippen LogP contribution in [-0.4, -0.2) is 35.4 Å². The van der Waals surface area contributed by atoms with E-state index in [2.05, 4.69) is 21.2 Å². The summed E-state index contributed by atoms with van der Waals surface area (Å²) in [5.41, 5.74) is 3.05. The van der Waals surface area contributed by atoms with Crippen LogP contribution in [0.5, 0.6) is 5.75 Å². The van der Waals surface area contributed by atoms with Crippen LogP contribution in [0.3, 0.4) is 0 Å². The Balaban J connectivity index is 2.16. The molecule has 0 aliphatic rings. The Kier molecular flexibility index (Phi) is 8.90. The van der Waals surface area contributed by atoms with Crippen LogP contribution in [0.25, 0.3) is 0 Å². The zero-order valence-corrected chi connectivity index (χ0v) is 20.0. The van der Waals surface area contributed by atoms with Crippen LogP contribution in [0.4, 0.5) is 0 Å². The molecule has 2 aromatic rings. The molecule has 2 aromatic carbocycles. The molecule has 2 amide bonds. The summed E-state index contributed by atoms with van der Waals surface area (Å²) in [5, 5.41) is 2.97. The normalized spacial score (nSPS) is 12.7. The van der Waals surface area contributed by atoms with Crippen LogP contribution < -0.4 is 10.1 Å². The monoisotopic (exact) mass is 474 g/mol. The van der Waals surface area contributed by atoms with Crippen molar-refractivity contribution in [2.75, 3.05) is 6.61 Å². The molecule has 5 nitrogen and oxygen atoms in total. The molecule has 2 atom stereocenters. The fourth-order valence-electron chi connectivity index (χ4n) is 3.05. The Morgan fingerprint density at radius 3 is 2.27 bits per heavy atom. The maximum absolute atomic E-state index is 13.1. The summed E-state index contributed by atoms with van der Waals surface area (Å²) in [6.45, 7) is 9.90. The molecule has 0 aromatic heterocycles. The Labute approximate surface area is 187 Å². The van der Waals surface area contributed by atoms with Gasteiger partial charge in [-0.15, -0.1) is 0 Å². The molecular formula is C24H31BrN2O3. The summed E-state index contributed by atoms with van der Waals surface area (Å²) in [6.07, 6.45) is 0.830. The van der Waals surface area contributed by atoms with E-state index in [1.54, 1.807) is 11.8 Å². The minimum Gasteiger partial charge on any atom is -0.484 e. The summed E-state index contributed by atoms with van der Waals surface area (Å²) < 4.78 is 6.82. The predicted molar refractivity (Wildman–Crippen MR) is 123 cm³/mol. The first-order chi connectivity index (χ1) is 14.2. The molecule has 0 saturated carbocycles. The number of carbonyl (C=O) groups excluding carboxylic acids is 2. The van der Waals surface area contributed by atoms with Crippen LogP contribution in [0.1, 0.15) is 43.9 Å². The average Bonchev–Trinajstić information content (AvgIpc) is 2.74. The van der Waals surface area contributed by atoms with Crippen molar-refractivity contribution in [3.8, 4) is 5.75 Å². The van der Waals surface area contributed by atoms with E-state index >= 15 is 0 Å². The molecule has 162 valence electrons. The number of hydrogen-bond donors (Lipinski definition) is 1. The molecular weight excluding hydrogens is 444 g/mol. The molecule has 0 spiro atoms. The van der Waals surface area contributed by atoms with Gasteiger partial charge in [0.1, 0.15) is 11.8 Å². The van der Waals surface area contributed by atoms with Crippen LogP contribution in [0.15, 0.2) is 46.9 Å². The fourth-order valence-corrected chi connectivity index (χ4v) is 3.27. The largest absolute Gasteiger partial charge is 0.484 e. The van der Waals surface area contributed by atoms with E-state index in [0.29, 0.717) is 12.3 Å². The molecule has 1 N–H and O–H groups in total. The number of carbonyl (C=O) groups is 2. The molecule has 0 unspecified atom stereocenters. The quantitative estimate of drug-likeness (QED) is 0.568. The van der Waals surface area contributed by atoms with Gasteiger partial charge in [-0.3, -0.25) is 9.59 Å². The first-order valence-electron chi connectivity index (χ1n) is 10.3. The van der Waals surface area contributed by atoms with E-state index in [9.17, 15) is 9.59 Å². The Hall–Kier alpha value is -2.34. The van der Waals surface area contributed by atoms with Crippen molar-refractivity contribution < 1.29 is 14.3 Å². The summed E-state index contributed by atoms with van der Waals surface area (Å²) in [5.74, 6) is 0.241. The number of amides is 2. The van der Waals surface area contributed by atoms with Crippen molar-refractivity contribution in [3.05, 3.63) is 63.6 Å². The number of benzene rings is 2. The van der Waals surface area contributed by atoms with Gasteiger partial charge in [-0.1, -0.05) is 53.2 Å². The van der Waals surface area contributed by atoms with Crippen LogP contribution >= 0.6 is 15.9 Å². The molecule has 2 rings (SSSR count). The number of ether oxygens (including phenoxy) is 1. The van der Waals surface area contributed by atoms with Gasteiger partial charge in [0.05, 0.1) is 0 Å². The molecule has 0 radical (unpaired) electrons. The van der Waals surface area contributed by atoms with E-state index < -0.39 is 6.04 Å². The zero-order chi connectivity index (χ0) is 22.3. The highest BCUT2D eigenvalue weighted by molar-refractivity contribution is 9.10. The van der Waals surface area contributed by atoms with Gasteiger partial charge in [-0.25, -0.2) is 0 Å². The standard InChI is InChI=1S/C24H31BrN2O3/c1-6-18(4)26-24(29)19(5)27(14-20-10-8-7-9-11-20)22(28)15-30-21-12-16(2)23(25)17(3)13-21/h7-13,18-19H,6,14-15H2,1-5H3,(H,26,29)/t18-,19-/m0/s1. The van der Waals surface area contributed by atoms with Crippen LogP contribution in [0.2, 0.25) is 0 Å². The first kappa shape index (κ1) is 23.9. The van der Waals surface area contributed by atoms with Gasteiger partial charge in [0, 0.05) is 17.1 Å². The van der Waals surface area contributed by atoms with Crippen molar-refractivity contribution in [2.45, 2.75) is 59.7 Å². The van der Waals surface area contributed by atoms with Gasteiger partial charge in [-0.2, -0.15) is 0 Å². The van der Waals surface area contributed by atoms with Gasteiger partial charge in [0.2, 0.25) is 5.91 Å². The van der Waals surface area contributed by atoms with E-state index in [-0.39, 0.29) is 24.5 Å². The predicted octanol–water partition coefficient (Wildman–Crippen LogP) is 4.78. The van der Waals surface area contributed by atoms with E-state index in [0.717, 1.165) is 27.6 Å². The number of nitrogens with zero attached hydrogens (tertiary/aromatic N) is 1. The molecule has 30 heavy (non-hydrogen) atoms.